The van der Waals surface area contributed by atoms with Crippen LogP contribution >= 0.6 is 0 Å². The second-order valence-corrected chi connectivity index (χ2v) is 6.93. The minimum atomic E-state index is -3.44. The second-order valence-electron chi connectivity index (χ2n) is 5.22. The third-order valence-corrected chi connectivity index (χ3v) is 5.15. The highest BCUT2D eigenvalue weighted by Crippen LogP contribution is 2.20. The van der Waals surface area contributed by atoms with Crippen molar-refractivity contribution in [2.24, 2.45) is 5.73 Å². The third-order valence-electron chi connectivity index (χ3n) is 3.65. The van der Waals surface area contributed by atoms with Crippen molar-refractivity contribution in [3.8, 4) is 0 Å². The second kappa shape index (κ2) is 6.03. The van der Waals surface area contributed by atoms with Gasteiger partial charge in [0.05, 0.1) is 4.90 Å². The molecule has 2 rings (SSSR count). The normalized spacial score (nSPS) is 23.7. The van der Waals surface area contributed by atoms with Crippen LogP contribution < -0.4 is 10.5 Å². The number of aryl methyl sites for hydroxylation is 1. The van der Waals surface area contributed by atoms with E-state index in [9.17, 15) is 8.42 Å². The summed E-state index contributed by atoms with van der Waals surface area (Å²) >= 11 is 0. The van der Waals surface area contributed by atoms with Crippen LogP contribution in [-0.2, 0) is 16.4 Å². The van der Waals surface area contributed by atoms with E-state index < -0.39 is 10.0 Å². The van der Waals surface area contributed by atoms with Crippen LogP contribution in [0.2, 0.25) is 0 Å². The molecule has 0 radical (unpaired) electrons. The number of benzene rings is 1. The first-order valence-electron chi connectivity index (χ1n) is 6.90. The van der Waals surface area contributed by atoms with E-state index in [1.165, 1.54) is 5.56 Å². The highest BCUT2D eigenvalue weighted by atomic mass is 32.2. The third kappa shape index (κ3) is 3.55. The van der Waals surface area contributed by atoms with Gasteiger partial charge in [0.15, 0.2) is 0 Å². The van der Waals surface area contributed by atoms with Crippen molar-refractivity contribution >= 4 is 10.0 Å². The van der Waals surface area contributed by atoms with Crippen molar-refractivity contribution in [1.29, 1.82) is 0 Å². The van der Waals surface area contributed by atoms with Crippen molar-refractivity contribution in [1.82, 2.24) is 4.72 Å². The van der Waals surface area contributed by atoms with E-state index in [0.717, 1.165) is 32.1 Å². The van der Waals surface area contributed by atoms with Crippen molar-refractivity contribution < 1.29 is 8.42 Å². The lowest BCUT2D eigenvalue weighted by Crippen LogP contribution is -2.43. The lowest BCUT2D eigenvalue weighted by molar-refractivity contribution is 0.522. The molecule has 0 amide bonds. The minimum absolute atomic E-state index is 0.0610. The summed E-state index contributed by atoms with van der Waals surface area (Å²) in [6, 6.07) is 6.93. The van der Waals surface area contributed by atoms with Crippen molar-refractivity contribution in [3.63, 3.8) is 0 Å². The average Bonchev–Trinajstić information content (AvgIpc) is 2.75. The van der Waals surface area contributed by atoms with Crippen LogP contribution in [0.5, 0.6) is 0 Å². The molecule has 1 aliphatic carbocycles. The highest BCUT2D eigenvalue weighted by Gasteiger charge is 2.28. The summed E-state index contributed by atoms with van der Waals surface area (Å²) in [5, 5.41) is 0. The van der Waals surface area contributed by atoms with Gasteiger partial charge in [0.25, 0.3) is 0 Å². The van der Waals surface area contributed by atoms with E-state index in [0.29, 0.717) is 4.90 Å². The summed E-state index contributed by atoms with van der Waals surface area (Å²) in [6.45, 7) is 2.10. The molecule has 0 heterocycles. The zero-order valence-corrected chi connectivity index (χ0v) is 12.1. The van der Waals surface area contributed by atoms with Gasteiger partial charge in [0, 0.05) is 12.1 Å². The van der Waals surface area contributed by atoms with E-state index in [-0.39, 0.29) is 12.1 Å². The lowest BCUT2D eigenvalue weighted by Gasteiger charge is -2.17. The monoisotopic (exact) mass is 282 g/mol. The fourth-order valence-electron chi connectivity index (χ4n) is 2.53. The Kier molecular flexibility index (Phi) is 4.60. The predicted octanol–water partition coefficient (Wildman–Crippen LogP) is 1.80. The first-order valence-corrected chi connectivity index (χ1v) is 8.38. The standard InChI is InChI=1S/C14H22N2O2S/c1-2-4-11-7-9-12(10-8-11)19(17,18)16-14-6-3-5-13(14)15/h7-10,13-14,16H,2-6,15H2,1H3. The first-order chi connectivity index (χ1) is 9.03. The van der Waals surface area contributed by atoms with Gasteiger partial charge in [-0.2, -0.15) is 0 Å². The number of hydrogen-bond donors (Lipinski definition) is 2. The highest BCUT2D eigenvalue weighted by molar-refractivity contribution is 7.89. The summed E-state index contributed by atoms with van der Waals surface area (Å²) in [6.07, 6.45) is 4.74. The Morgan fingerprint density at radius 1 is 1.26 bits per heavy atom. The zero-order valence-electron chi connectivity index (χ0n) is 11.3. The maximum absolute atomic E-state index is 12.2. The molecule has 1 saturated carbocycles. The smallest absolute Gasteiger partial charge is 0.240 e. The maximum atomic E-state index is 12.2. The molecule has 19 heavy (non-hydrogen) atoms. The largest absolute Gasteiger partial charge is 0.326 e. The number of hydrogen-bond acceptors (Lipinski definition) is 3. The molecule has 0 aliphatic heterocycles. The predicted molar refractivity (Wildman–Crippen MR) is 76.4 cm³/mol. The van der Waals surface area contributed by atoms with Gasteiger partial charge in [-0.3, -0.25) is 0 Å². The molecule has 0 aromatic heterocycles. The maximum Gasteiger partial charge on any atom is 0.240 e. The van der Waals surface area contributed by atoms with Gasteiger partial charge in [-0.05, 0) is 37.0 Å². The molecule has 5 heteroatoms. The summed E-state index contributed by atoms with van der Waals surface area (Å²) in [5.41, 5.74) is 7.07. The molecule has 1 aromatic rings. The van der Waals surface area contributed by atoms with Gasteiger partial charge >= 0.3 is 0 Å². The number of rotatable bonds is 5. The van der Waals surface area contributed by atoms with Crippen LogP contribution in [0.3, 0.4) is 0 Å². The summed E-state index contributed by atoms with van der Waals surface area (Å²) < 4.78 is 27.2. The van der Waals surface area contributed by atoms with Crippen LogP contribution in [0.4, 0.5) is 0 Å². The number of sulfonamides is 1. The van der Waals surface area contributed by atoms with Crippen LogP contribution in [0.25, 0.3) is 0 Å². The first kappa shape index (κ1) is 14.5. The zero-order chi connectivity index (χ0) is 13.9. The van der Waals surface area contributed by atoms with E-state index in [4.69, 9.17) is 5.73 Å². The Labute approximate surface area is 115 Å². The quantitative estimate of drug-likeness (QED) is 0.865. The average molecular weight is 282 g/mol. The fourth-order valence-corrected chi connectivity index (χ4v) is 3.85. The Morgan fingerprint density at radius 2 is 1.95 bits per heavy atom. The topological polar surface area (TPSA) is 72.2 Å². The molecule has 0 saturated heterocycles. The van der Waals surface area contributed by atoms with Crippen molar-refractivity contribution in [2.75, 3.05) is 0 Å². The van der Waals surface area contributed by atoms with Crippen LogP contribution in [0.1, 0.15) is 38.2 Å². The van der Waals surface area contributed by atoms with E-state index in [1.807, 2.05) is 12.1 Å². The van der Waals surface area contributed by atoms with Crippen LogP contribution in [-0.4, -0.2) is 20.5 Å². The molecule has 2 unspecified atom stereocenters. The molecule has 1 aromatic carbocycles. The van der Waals surface area contributed by atoms with Crippen molar-refractivity contribution in [2.45, 2.75) is 56.0 Å². The molecular formula is C14H22N2O2S. The molecule has 2 atom stereocenters. The van der Waals surface area contributed by atoms with E-state index in [1.54, 1.807) is 12.1 Å². The molecule has 106 valence electrons. The van der Waals surface area contributed by atoms with Crippen molar-refractivity contribution in [3.05, 3.63) is 29.8 Å². The molecule has 1 aliphatic rings. The Bertz CT molecular complexity index is 511. The van der Waals surface area contributed by atoms with Gasteiger partial charge in [-0.25, -0.2) is 13.1 Å². The van der Waals surface area contributed by atoms with Crippen LogP contribution in [0.15, 0.2) is 29.2 Å². The van der Waals surface area contributed by atoms with Gasteiger partial charge in [-0.15, -0.1) is 0 Å². The molecule has 0 spiro atoms. The van der Waals surface area contributed by atoms with E-state index >= 15 is 0 Å². The van der Waals surface area contributed by atoms with Gasteiger partial charge in [0.1, 0.15) is 0 Å². The molecule has 0 bridgehead atoms. The van der Waals surface area contributed by atoms with Crippen LogP contribution in [0, 0.1) is 0 Å². The summed E-state index contributed by atoms with van der Waals surface area (Å²) in [5.74, 6) is 0. The summed E-state index contributed by atoms with van der Waals surface area (Å²) in [7, 11) is -3.44. The Balaban J connectivity index is 2.10. The van der Waals surface area contributed by atoms with Gasteiger partial charge in [0.2, 0.25) is 10.0 Å². The van der Waals surface area contributed by atoms with Gasteiger partial charge in [-0.1, -0.05) is 31.9 Å². The van der Waals surface area contributed by atoms with Gasteiger partial charge < -0.3 is 5.73 Å². The number of nitrogens with two attached hydrogens (primary N) is 1. The molecule has 1 fully saturated rings. The molecule has 3 N–H and O–H groups in total. The van der Waals surface area contributed by atoms with E-state index in [2.05, 4.69) is 11.6 Å². The lowest BCUT2D eigenvalue weighted by atomic mass is 10.1. The molecule has 4 nitrogen and oxygen atoms in total. The molecular weight excluding hydrogens is 260 g/mol. The minimum Gasteiger partial charge on any atom is -0.326 e. The fraction of sp³-hybridized carbons (Fsp3) is 0.571. The SMILES string of the molecule is CCCc1ccc(S(=O)(=O)NC2CCCC2N)cc1. The summed E-state index contributed by atoms with van der Waals surface area (Å²) in [4.78, 5) is 0.325. The number of nitrogens with one attached hydrogen (secondary N) is 1. The Hall–Kier alpha value is -0.910. The Morgan fingerprint density at radius 3 is 2.47 bits per heavy atom.